The number of fused-ring (bicyclic) bond motifs is 1. The van der Waals surface area contributed by atoms with Gasteiger partial charge in [0.15, 0.2) is 0 Å². The van der Waals surface area contributed by atoms with Gasteiger partial charge in [0.05, 0.1) is 11.0 Å². The number of non-ortho nitro benzene ring substituents is 1. The summed E-state index contributed by atoms with van der Waals surface area (Å²) in [6, 6.07) is 12.6. The molecule has 112 valence electrons. The van der Waals surface area contributed by atoms with Gasteiger partial charge in [-0.3, -0.25) is 10.1 Å². The predicted molar refractivity (Wildman–Crippen MR) is 87.1 cm³/mol. The molecule has 0 radical (unpaired) electrons. The lowest BCUT2D eigenvalue weighted by molar-refractivity contribution is -0.384. The van der Waals surface area contributed by atoms with Crippen molar-refractivity contribution < 1.29 is 4.92 Å². The third kappa shape index (κ3) is 2.92. The van der Waals surface area contributed by atoms with Crippen LogP contribution in [0, 0.1) is 10.1 Å². The molecule has 3 rings (SSSR count). The summed E-state index contributed by atoms with van der Waals surface area (Å²) in [6.07, 6.45) is 0.843. The fraction of sp³-hybridized carbons (Fsp3) is 0.250. The molecule has 1 aliphatic heterocycles. The molecule has 0 spiro atoms. The van der Waals surface area contributed by atoms with Gasteiger partial charge >= 0.3 is 0 Å². The molecule has 2 atom stereocenters. The van der Waals surface area contributed by atoms with Gasteiger partial charge in [-0.25, -0.2) is 0 Å². The molecule has 22 heavy (non-hydrogen) atoms. The number of nitrogens with zero attached hydrogens (tertiary/aromatic N) is 3. The molecule has 0 N–H and O–H groups in total. The average Bonchev–Trinajstić information content (AvgIpc) is 2.66. The zero-order valence-corrected chi connectivity index (χ0v) is 13.5. The number of nitro benzene ring substituents is 1. The lowest BCUT2D eigenvalue weighted by Gasteiger charge is -2.14. The number of hydrogen-bond donors (Lipinski definition) is 0. The highest BCUT2D eigenvalue weighted by Crippen LogP contribution is 2.35. The molecule has 5 nitrogen and oxygen atoms in total. The van der Waals surface area contributed by atoms with Crippen LogP contribution in [0.5, 0.6) is 0 Å². The molecule has 0 saturated heterocycles. The molecule has 6 heteroatoms. The minimum absolute atomic E-state index is 0.0807. The zero-order chi connectivity index (χ0) is 15.7. The van der Waals surface area contributed by atoms with Crippen molar-refractivity contribution in [2.24, 2.45) is 10.2 Å². The van der Waals surface area contributed by atoms with E-state index in [1.807, 2.05) is 13.0 Å². The van der Waals surface area contributed by atoms with Gasteiger partial charge in [0.25, 0.3) is 5.69 Å². The molecule has 0 fully saturated rings. The maximum Gasteiger partial charge on any atom is 0.269 e. The van der Waals surface area contributed by atoms with E-state index >= 15 is 0 Å². The fourth-order valence-electron chi connectivity index (χ4n) is 2.63. The van der Waals surface area contributed by atoms with Crippen molar-refractivity contribution in [3.8, 4) is 0 Å². The molecular formula is C16H14BrN3O2. The van der Waals surface area contributed by atoms with Crippen molar-refractivity contribution in [1.29, 1.82) is 0 Å². The number of benzene rings is 2. The SMILES string of the molecule is CC1Cc2ccc(Br)cc2C(c2ccc([N+](=O)[O-])cc2)N=N1. The summed E-state index contributed by atoms with van der Waals surface area (Å²) in [6.45, 7) is 2.04. The van der Waals surface area contributed by atoms with Crippen LogP contribution in [0.15, 0.2) is 57.2 Å². The molecule has 0 aliphatic carbocycles. The summed E-state index contributed by atoms with van der Waals surface area (Å²) in [7, 11) is 0. The van der Waals surface area contributed by atoms with Crippen LogP contribution in [0.4, 0.5) is 5.69 Å². The Hall–Kier alpha value is -2.08. The maximum atomic E-state index is 10.8. The highest BCUT2D eigenvalue weighted by Gasteiger charge is 2.22. The van der Waals surface area contributed by atoms with Gasteiger partial charge < -0.3 is 0 Å². The van der Waals surface area contributed by atoms with Crippen LogP contribution in [0.2, 0.25) is 0 Å². The largest absolute Gasteiger partial charge is 0.269 e. The van der Waals surface area contributed by atoms with E-state index in [-0.39, 0.29) is 17.8 Å². The Morgan fingerprint density at radius 3 is 2.59 bits per heavy atom. The van der Waals surface area contributed by atoms with Crippen molar-refractivity contribution in [2.45, 2.75) is 25.4 Å². The van der Waals surface area contributed by atoms with Gasteiger partial charge in [-0.15, -0.1) is 0 Å². The molecule has 0 aromatic heterocycles. The summed E-state index contributed by atoms with van der Waals surface area (Å²) >= 11 is 3.50. The standard InChI is InChI=1S/C16H14BrN3O2/c1-10-8-12-2-5-13(17)9-15(12)16(19-18-10)11-3-6-14(7-4-11)20(21)22/h2-7,9-10,16H,8H2,1H3. The second-order valence-electron chi connectivity index (χ2n) is 5.38. The topological polar surface area (TPSA) is 67.9 Å². The van der Waals surface area contributed by atoms with E-state index in [2.05, 4.69) is 38.3 Å². The van der Waals surface area contributed by atoms with E-state index < -0.39 is 4.92 Å². The lowest BCUT2D eigenvalue weighted by Crippen LogP contribution is -2.04. The minimum Gasteiger partial charge on any atom is -0.258 e. The first-order valence-electron chi connectivity index (χ1n) is 6.97. The molecule has 1 heterocycles. The van der Waals surface area contributed by atoms with Crippen molar-refractivity contribution in [2.75, 3.05) is 0 Å². The maximum absolute atomic E-state index is 10.8. The molecule has 0 amide bonds. The Morgan fingerprint density at radius 2 is 1.91 bits per heavy atom. The summed E-state index contributed by atoms with van der Waals surface area (Å²) in [4.78, 5) is 10.4. The Bertz CT molecular complexity index is 744. The number of nitro groups is 1. The molecule has 0 bridgehead atoms. The third-order valence-electron chi connectivity index (χ3n) is 3.72. The average molecular weight is 360 g/mol. The van der Waals surface area contributed by atoms with Gasteiger partial charge in [0.2, 0.25) is 0 Å². The van der Waals surface area contributed by atoms with E-state index in [1.165, 1.54) is 17.7 Å². The van der Waals surface area contributed by atoms with E-state index in [9.17, 15) is 10.1 Å². The van der Waals surface area contributed by atoms with Gasteiger partial charge in [-0.2, -0.15) is 10.2 Å². The molecule has 1 aliphatic rings. The van der Waals surface area contributed by atoms with Crippen molar-refractivity contribution in [3.63, 3.8) is 0 Å². The highest BCUT2D eigenvalue weighted by atomic mass is 79.9. The summed E-state index contributed by atoms with van der Waals surface area (Å²) in [5, 5.41) is 19.6. The molecular weight excluding hydrogens is 346 g/mol. The Balaban J connectivity index is 2.07. The van der Waals surface area contributed by atoms with E-state index in [1.54, 1.807) is 12.1 Å². The van der Waals surface area contributed by atoms with Crippen molar-refractivity contribution >= 4 is 21.6 Å². The third-order valence-corrected chi connectivity index (χ3v) is 4.21. The first-order valence-corrected chi connectivity index (χ1v) is 7.76. The second-order valence-corrected chi connectivity index (χ2v) is 6.29. The molecule has 0 saturated carbocycles. The van der Waals surface area contributed by atoms with Crippen LogP contribution >= 0.6 is 15.9 Å². The summed E-state index contributed by atoms with van der Waals surface area (Å²) in [5.41, 5.74) is 3.29. The number of halogens is 1. The Morgan fingerprint density at radius 1 is 1.18 bits per heavy atom. The van der Waals surface area contributed by atoms with Gasteiger partial charge in [0, 0.05) is 16.6 Å². The van der Waals surface area contributed by atoms with E-state index in [0.29, 0.717) is 0 Å². The predicted octanol–water partition coefficient (Wildman–Crippen LogP) is 4.84. The van der Waals surface area contributed by atoms with Crippen LogP contribution in [-0.2, 0) is 6.42 Å². The highest BCUT2D eigenvalue weighted by molar-refractivity contribution is 9.10. The Labute approximate surface area is 136 Å². The van der Waals surface area contributed by atoms with Crippen molar-refractivity contribution in [1.82, 2.24) is 0 Å². The second kappa shape index (κ2) is 5.96. The van der Waals surface area contributed by atoms with Gasteiger partial charge in [0.1, 0.15) is 6.04 Å². The van der Waals surface area contributed by atoms with Crippen LogP contribution in [0.25, 0.3) is 0 Å². The van der Waals surface area contributed by atoms with Crippen LogP contribution in [0.1, 0.15) is 29.7 Å². The smallest absolute Gasteiger partial charge is 0.258 e. The first-order chi connectivity index (χ1) is 10.5. The zero-order valence-electron chi connectivity index (χ0n) is 11.9. The molecule has 2 aromatic rings. The first kappa shape index (κ1) is 14.8. The van der Waals surface area contributed by atoms with E-state index in [4.69, 9.17) is 0 Å². The minimum atomic E-state index is -0.398. The normalized spacial score (nSPS) is 20.3. The summed E-state index contributed by atoms with van der Waals surface area (Å²) < 4.78 is 0.989. The fourth-order valence-corrected chi connectivity index (χ4v) is 3.01. The van der Waals surface area contributed by atoms with Crippen LogP contribution in [0.3, 0.4) is 0 Å². The number of rotatable bonds is 2. The van der Waals surface area contributed by atoms with Crippen LogP contribution < -0.4 is 0 Å². The number of hydrogen-bond acceptors (Lipinski definition) is 4. The van der Waals surface area contributed by atoms with Crippen molar-refractivity contribution in [3.05, 3.63) is 73.7 Å². The Kier molecular flexibility index (Phi) is 4.02. The monoisotopic (exact) mass is 359 g/mol. The van der Waals surface area contributed by atoms with Crippen LogP contribution in [-0.4, -0.2) is 11.0 Å². The molecule has 2 unspecified atom stereocenters. The quantitative estimate of drug-likeness (QED) is 0.568. The van der Waals surface area contributed by atoms with Gasteiger partial charge in [-0.1, -0.05) is 22.0 Å². The van der Waals surface area contributed by atoms with E-state index in [0.717, 1.165) is 22.0 Å². The lowest BCUT2D eigenvalue weighted by atomic mass is 9.93. The molecule has 2 aromatic carbocycles. The summed E-state index contributed by atoms with van der Waals surface area (Å²) in [5.74, 6) is 0. The number of azo groups is 1. The van der Waals surface area contributed by atoms with Gasteiger partial charge in [-0.05, 0) is 54.3 Å².